The van der Waals surface area contributed by atoms with Crippen LogP contribution >= 0.6 is 50.5 Å². The Morgan fingerprint density at radius 3 is 2.53 bits per heavy atom. The van der Waals surface area contributed by atoms with Crippen molar-refractivity contribution in [1.82, 2.24) is 0 Å². The maximum absolute atomic E-state index is 10.3. The minimum atomic E-state index is -0.747. The molecule has 0 aliphatic carbocycles. The summed E-state index contributed by atoms with van der Waals surface area (Å²) in [7, 11) is 0. The van der Waals surface area contributed by atoms with E-state index in [0.717, 1.165) is 15.6 Å². The highest BCUT2D eigenvalue weighted by Crippen LogP contribution is 2.38. The van der Waals surface area contributed by atoms with Crippen molar-refractivity contribution >= 4 is 50.5 Å². The summed E-state index contributed by atoms with van der Waals surface area (Å²) < 4.78 is 2.04. The molecule has 1 aromatic heterocycles. The Morgan fingerprint density at radius 2 is 1.94 bits per heavy atom. The Labute approximate surface area is 122 Å². The zero-order chi connectivity index (χ0) is 12.6. The van der Waals surface area contributed by atoms with Crippen molar-refractivity contribution in [2.24, 2.45) is 0 Å². The quantitative estimate of drug-likeness (QED) is 0.787. The van der Waals surface area contributed by atoms with Gasteiger partial charge in [-0.2, -0.15) is 0 Å². The molecule has 0 bridgehead atoms. The number of hydrogen-bond donors (Lipinski definition) is 1. The van der Waals surface area contributed by atoms with Crippen LogP contribution in [0.5, 0.6) is 0 Å². The fourth-order valence-corrected chi connectivity index (χ4v) is 3.51. The van der Waals surface area contributed by atoms with Crippen LogP contribution < -0.4 is 0 Å². The second-order valence-electron chi connectivity index (χ2n) is 3.68. The molecule has 1 heterocycles. The summed E-state index contributed by atoms with van der Waals surface area (Å²) in [6.45, 7) is 1.95. The van der Waals surface area contributed by atoms with Gasteiger partial charge in [0.15, 0.2) is 0 Å². The van der Waals surface area contributed by atoms with E-state index in [-0.39, 0.29) is 0 Å². The van der Waals surface area contributed by atoms with E-state index in [1.165, 1.54) is 11.3 Å². The van der Waals surface area contributed by atoms with Crippen molar-refractivity contribution in [3.8, 4) is 0 Å². The van der Waals surface area contributed by atoms with Crippen LogP contribution in [0.15, 0.2) is 28.7 Å². The third kappa shape index (κ3) is 2.85. The summed E-state index contributed by atoms with van der Waals surface area (Å²) >= 11 is 16.6. The Morgan fingerprint density at radius 1 is 1.24 bits per heavy atom. The first-order valence-electron chi connectivity index (χ1n) is 4.88. The van der Waals surface area contributed by atoms with Crippen LogP contribution in [0.25, 0.3) is 0 Å². The van der Waals surface area contributed by atoms with Gasteiger partial charge in [0.2, 0.25) is 0 Å². The van der Waals surface area contributed by atoms with Gasteiger partial charge in [0.1, 0.15) is 10.4 Å². The molecule has 1 atom stereocenters. The van der Waals surface area contributed by atoms with Crippen LogP contribution in [0.3, 0.4) is 0 Å². The molecule has 1 N–H and O–H groups in total. The van der Waals surface area contributed by atoms with Gasteiger partial charge in [-0.25, -0.2) is 0 Å². The zero-order valence-electron chi connectivity index (χ0n) is 8.88. The van der Waals surface area contributed by atoms with Gasteiger partial charge in [0.25, 0.3) is 0 Å². The molecule has 90 valence electrons. The van der Waals surface area contributed by atoms with Gasteiger partial charge in [-0.05, 0) is 36.2 Å². The Kier molecular flexibility index (Phi) is 4.16. The topological polar surface area (TPSA) is 20.2 Å². The molecule has 0 saturated heterocycles. The Bertz CT molecular complexity index is 553. The number of thiophene rings is 1. The molecule has 5 heteroatoms. The molecule has 0 amide bonds. The number of rotatable bonds is 2. The average molecular weight is 352 g/mol. The van der Waals surface area contributed by atoms with E-state index in [1.54, 1.807) is 6.07 Å². The molecule has 0 saturated carbocycles. The van der Waals surface area contributed by atoms with E-state index in [0.29, 0.717) is 14.2 Å². The van der Waals surface area contributed by atoms with E-state index < -0.39 is 6.10 Å². The molecule has 2 aromatic rings. The number of halogens is 3. The van der Waals surface area contributed by atoms with Crippen molar-refractivity contribution in [2.45, 2.75) is 13.0 Å². The minimum Gasteiger partial charge on any atom is -0.384 e. The zero-order valence-corrected chi connectivity index (χ0v) is 12.8. The number of aryl methyl sites for hydroxylation is 1. The second-order valence-corrected chi connectivity index (χ2v) is 6.88. The molecule has 0 aliphatic rings. The van der Waals surface area contributed by atoms with Gasteiger partial charge in [-0.15, -0.1) is 11.3 Å². The van der Waals surface area contributed by atoms with Crippen molar-refractivity contribution in [3.05, 3.63) is 54.1 Å². The van der Waals surface area contributed by atoms with Gasteiger partial charge in [0.05, 0.1) is 4.34 Å². The molecule has 0 aliphatic heterocycles. The van der Waals surface area contributed by atoms with Crippen molar-refractivity contribution in [3.63, 3.8) is 0 Å². The first-order chi connectivity index (χ1) is 7.99. The maximum atomic E-state index is 10.3. The van der Waals surface area contributed by atoms with E-state index in [4.69, 9.17) is 23.2 Å². The molecule has 0 fully saturated rings. The van der Waals surface area contributed by atoms with Crippen LogP contribution in [0, 0.1) is 6.92 Å². The molecular formula is C12H9BrCl2OS. The van der Waals surface area contributed by atoms with Crippen LogP contribution in [0.1, 0.15) is 22.8 Å². The number of hydrogen-bond acceptors (Lipinski definition) is 2. The minimum absolute atomic E-state index is 0.530. The third-order valence-electron chi connectivity index (χ3n) is 2.51. The molecule has 17 heavy (non-hydrogen) atoms. The second kappa shape index (κ2) is 5.29. The summed E-state index contributed by atoms with van der Waals surface area (Å²) in [6.07, 6.45) is -0.747. The highest BCUT2D eigenvalue weighted by atomic mass is 79.9. The summed E-state index contributed by atoms with van der Waals surface area (Å²) in [5.41, 5.74) is 2.50. The predicted molar refractivity (Wildman–Crippen MR) is 77.3 cm³/mol. The first-order valence-corrected chi connectivity index (χ1v) is 7.24. The number of benzene rings is 1. The lowest BCUT2D eigenvalue weighted by Crippen LogP contribution is -2.01. The molecular weight excluding hydrogens is 343 g/mol. The van der Waals surface area contributed by atoms with Crippen molar-refractivity contribution in [1.29, 1.82) is 0 Å². The standard InChI is InChI=1S/C12H9BrCl2OS/c1-6-2-3-7(13)4-8(6)11(16)9-5-10(14)17-12(9)15/h2-5,11,16H,1H3. The summed E-state index contributed by atoms with van der Waals surface area (Å²) in [6, 6.07) is 7.49. The first kappa shape index (κ1) is 13.4. The Balaban J connectivity index is 2.46. The summed E-state index contributed by atoms with van der Waals surface area (Å²) in [5.74, 6) is 0. The summed E-state index contributed by atoms with van der Waals surface area (Å²) in [5, 5.41) is 10.3. The normalized spacial score (nSPS) is 12.8. The van der Waals surface area contributed by atoms with Crippen molar-refractivity contribution < 1.29 is 5.11 Å². The highest BCUT2D eigenvalue weighted by molar-refractivity contribution is 9.10. The fourth-order valence-electron chi connectivity index (χ4n) is 1.61. The summed E-state index contributed by atoms with van der Waals surface area (Å²) in [4.78, 5) is 0. The third-order valence-corrected chi connectivity index (χ3v) is 4.52. The van der Waals surface area contributed by atoms with E-state index in [2.05, 4.69) is 15.9 Å². The smallest absolute Gasteiger partial charge is 0.107 e. The number of aliphatic hydroxyl groups is 1. The van der Waals surface area contributed by atoms with Gasteiger partial charge in [-0.1, -0.05) is 45.2 Å². The van der Waals surface area contributed by atoms with Gasteiger partial charge >= 0.3 is 0 Å². The highest BCUT2D eigenvalue weighted by Gasteiger charge is 2.18. The lowest BCUT2D eigenvalue weighted by atomic mass is 10.00. The monoisotopic (exact) mass is 350 g/mol. The van der Waals surface area contributed by atoms with Gasteiger partial charge in [-0.3, -0.25) is 0 Å². The lowest BCUT2D eigenvalue weighted by Gasteiger charge is -2.13. The predicted octanol–water partition coefficient (Wildman–Crippen LogP) is 5.21. The van der Waals surface area contributed by atoms with Crippen LogP contribution in [-0.2, 0) is 0 Å². The lowest BCUT2D eigenvalue weighted by molar-refractivity contribution is 0.220. The molecule has 0 spiro atoms. The number of aliphatic hydroxyl groups excluding tert-OH is 1. The van der Waals surface area contributed by atoms with Crippen LogP contribution in [0.4, 0.5) is 0 Å². The molecule has 1 nitrogen and oxygen atoms in total. The average Bonchev–Trinajstić information content (AvgIpc) is 2.60. The molecule has 1 aromatic carbocycles. The Hall–Kier alpha value is -0.0600. The van der Waals surface area contributed by atoms with Crippen molar-refractivity contribution in [2.75, 3.05) is 0 Å². The molecule has 0 radical (unpaired) electrons. The van der Waals surface area contributed by atoms with Crippen LogP contribution in [0.2, 0.25) is 8.67 Å². The van der Waals surface area contributed by atoms with Gasteiger partial charge in [0, 0.05) is 10.0 Å². The van der Waals surface area contributed by atoms with Crippen LogP contribution in [-0.4, -0.2) is 5.11 Å². The van der Waals surface area contributed by atoms with E-state index in [9.17, 15) is 5.11 Å². The SMILES string of the molecule is Cc1ccc(Br)cc1C(O)c1cc(Cl)sc1Cl. The fraction of sp³-hybridized carbons (Fsp3) is 0.167. The van der Waals surface area contributed by atoms with E-state index in [1.807, 2.05) is 25.1 Å². The molecule has 2 rings (SSSR count). The van der Waals surface area contributed by atoms with Gasteiger partial charge < -0.3 is 5.11 Å². The maximum Gasteiger partial charge on any atom is 0.107 e. The molecule has 1 unspecified atom stereocenters. The van der Waals surface area contributed by atoms with E-state index >= 15 is 0 Å². The largest absolute Gasteiger partial charge is 0.384 e.